The number of rotatable bonds is 8. The summed E-state index contributed by atoms with van der Waals surface area (Å²) in [5.74, 6) is 0.133. The van der Waals surface area contributed by atoms with Crippen molar-refractivity contribution in [3.05, 3.63) is 48.0 Å². The van der Waals surface area contributed by atoms with E-state index >= 15 is 0 Å². The Morgan fingerprint density at radius 3 is 2.42 bits per heavy atom. The van der Waals surface area contributed by atoms with Gasteiger partial charge in [0.15, 0.2) is 5.78 Å². The molecule has 33 heavy (non-hydrogen) atoms. The maximum atomic E-state index is 13.6. The molecule has 6 nitrogen and oxygen atoms in total. The van der Waals surface area contributed by atoms with Crippen molar-refractivity contribution in [2.45, 2.75) is 83.9 Å². The third-order valence-corrected chi connectivity index (χ3v) is 6.22. The summed E-state index contributed by atoms with van der Waals surface area (Å²) >= 11 is 0. The number of hydrogen-bond donors (Lipinski definition) is 1. The fraction of sp³-hybridized carbons (Fsp3) is 0.593. The zero-order valence-corrected chi connectivity index (χ0v) is 20.6. The molecule has 1 unspecified atom stereocenters. The highest BCUT2D eigenvalue weighted by Gasteiger charge is 2.61. The van der Waals surface area contributed by atoms with Crippen LogP contribution in [-0.4, -0.2) is 46.4 Å². The first-order valence-corrected chi connectivity index (χ1v) is 12.1. The highest BCUT2D eigenvalue weighted by atomic mass is 16.6. The topological polar surface area (TPSA) is 75.7 Å². The summed E-state index contributed by atoms with van der Waals surface area (Å²) in [6.45, 7) is 10.3. The molecule has 1 spiro atoms. The van der Waals surface area contributed by atoms with Gasteiger partial charge in [0.05, 0.1) is 12.0 Å². The molecule has 1 aliphatic heterocycles. The van der Waals surface area contributed by atoms with Gasteiger partial charge in [0.1, 0.15) is 11.1 Å². The van der Waals surface area contributed by atoms with Crippen LogP contribution in [0.1, 0.15) is 65.9 Å². The molecule has 1 aromatic carbocycles. The van der Waals surface area contributed by atoms with Crippen molar-refractivity contribution in [2.24, 2.45) is 11.8 Å². The number of ether oxygens (including phenoxy) is 1. The molecule has 1 aliphatic carbocycles. The van der Waals surface area contributed by atoms with E-state index in [2.05, 4.69) is 19.2 Å². The molecule has 2 amide bonds. The maximum Gasteiger partial charge on any atom is 0.408 e. The molecule has 180 valence electrons. The summed E-state index contributed by atoms with van der Waals surface area (Å²) < 4.78 is 5.43. The SMILES string of the molecule is CC(C)C[C@@H](/C=C/[C@H](Cc1ccccc1)C(=O)N1CCCC12CC2=O)NC(=O)OC(C)(C)C. The standard InChI is InChI=1S/C27H38N2O4/c1-19(2)16-22(28-25(32)33-26(3,4)5)13-12-21(17-20-10-7-6-8-11-20)24(31)29-15-9-14-27(29)18-23(27)30/h6-8,10-13,19,21-22H,9,14-18H2,1-5H3,(H,28,32)/b13-12+/t21-,22-,27?/m1/s1. The van der Waals surface area contributed by atoms with Crippen molar-refractivity contribution in [3.63, 3.8) is 0 Å². The maximum absolute atomic E-state index is 13.6. The average Bonchev–Trinajstić information content (AvgIpc) is 3.15. The summed E-state index contributed by atoms with van der Waals surface area (Å²) in [6.07, 6.45) is 6.78. The van der Waals surface area contributed by atoms with Gasteiger partial charge in [0.25, 0.3) is 0 Å². The number of nitrogens with one attached hydrogen (secondary N) is 1. The summed E-state index contributed by atoms with van der Waals surface area (Å²) in [7, 11) is 0. The molecule has 1 heterocycles. The van der Waals surface area contributed by atoms with E-state index in [4.69, 9.17) is 4.74 Å². The Labute approximate surface area is 197 Å². The molecule has 0 aromatic heterocycles. The second kappa shape index (κ2) is 10.1. The molecular formula is C27H38N2O4. The van der Waals surface area contributed by atoms with E-state index in [0.29, 0.717) is 25.3 Å². The Balaban J connectivity index is 1.79. The van der Waals surface area contributed by atoms with Gasteiger partial charge < -0.3 is 15.0 Å². The molecule has 0 radical (unpaired) electrons. The van der Waals surface area contributed by atoms with Crippen molar-refractivity contribution < 1.29 is 19.1 Å². The second-order valence-electron chi connectivity index (χ2n) is 10.8. The van der Waals surface area contributed by atoms with Crippen LogP contribution in [0.4, 0.5) is 4.79 Å². The minimum Gasteiger partial charge on any atom is -0.444 e. The molecule has 1 saturated heterocycles. The van der Waals surface area contributed by atoms with Crippen molar-refractivity contribution in [2.75, 3.05) is 6.54 Å². The van der Waals surface area contributed by atoms with Crippen molar-refractivity contribution in [1.82, 2.24) is 10.2 Å². The van der Waals surface area contributed by atoms with Gasteiger partial charge in [-0.25, -0.2) is 4.79 Å². The van der Waals surface area contributed by atoms with Crippen molar-refractivity contribution >= 4 is 17.8 Å². The van der Waals surface area contributed by atoms with Gasteiger partial charge in [-0.3, -0.25) is 9.59 Å². The van der Waals surface area contributed by atoms with E-state index < -0.39 is 23.2 Å². The highest BCUT2D eigenvalue weighted by molar-refractivity contribution is 6.08. The monoisotopic (exact) mass is 454 g/mol. The number of carbonyl (C=O) groups is 3. The van der Waals surface area contributed by atoms with Crippen LogP contribution in [0, 0.1) is 11.8 Å². The normalized spacial score (nSPS) is 22.1. The number of carbonyl (C=O) groups excluding carboxylic acids is 3. The molecule has 2 aliphatic rings. The zero-order valence-electron chi connectivity index (χ0n) is 20.6. The largest absolute Gasteiger partial charge is 0.444 e. The van der Waals surface area contributed by atoms with Gasteiger partial charge in [-0.1, -0.05) is 56.3 Å². The van der Waals surface area contributed by atoms with Gasteiger partial charge in [0, 0.05) is 13.0 Å². The summed E-state index contributed by atoms with van der Waals surface area (Å²) in [5, 5.41) is 2.94. The number of alkyl carbamates (subject to hydrolysis) is 1. The molecule has 3 rings (SSSR count). The fourth-order valence-corrected chi connectivity index (χ4v) is 4.62. The van der Waals surface area contributed by atoms with E-state index in [1.807, 2.05) is 68.2 Å². The van der Waals surface area contributed by atoms with Crippen molar-refractivity contribution in [1.29, 1.82) is 0 Å². The Morgan fingerprint density at radius 1 is 1.18 bits per heavy atom. The predicted octanol–water partition coefficient (Wildman–Crippen LogP) is 4.67. The first kappa shape index (κ1) is 25.0. The lowest BCUT2D eigenvalue weighted by molar-refractivity contribution is -0.137. The van der Waals surface area contributed by atoms with E-state index in [0.717, 1.165) is 24.8 Å². The molecule has 1 N–H and O–H groups in total. The van der Waals surface area contributed by atoms with Crippen LogP contribution in [0.3, 0.4) is 0 Å². The summed E-state index contributed by atoms with van der Waals surface area (Å²) in [5.41, 5.74) is -0.0640. The number of Topliss-reactive ketones (excluding diaryl/α,β-unsaturated/α-hetero) is 1. The number of nitrogens with zero attached hydrogens (tertiary/aromatic N) is 1. The first-order valence-electron chi connectivity index (χ1n) is 12.1. The van der Waals surface area contributed by atoms with Crippen LogP contribution >= 0.6 is 0 Å². The van der Waals surface area contributed by atoms with E-state index in [9.17, 15) is 14.4 Å². The molecule has 2 fully saturated rings. The minimum absolute atomic E-state index is 0.000909. The van der Waals surface area contributed by atoms with Crippen LogP contribution in [0.25, 0.3) is 0 Å². The van der Waals surface area contributed by atoms with Crippen LogP contribution in [0.5, 0.6) is 0 Å². The second-order valence-corrected chi connectivity index (χ2v) is 10.8. The number of likely N-dealkylation sites (tertiary alicyclic amines) is 1. The number of amides is 2. The average molecular weight is 455 g/mol. The number of hydrogen-bond acceptors (Lipinski definition) is 4. The third kappa shape index (κ3) is 6.68. The van der Waals surface area contributed by atoms with Gasteiger partial charge in [0.2, 0.25) is 5.91 Å². The van der Waals surface area contributed by atoms with Crippen LogP contribution in [0.2, 0.25) is 0 Å². The van der Waals surface area contributed by atoms with Crippen LogP contribution in [-0.2, 0) is 20.7 Å². The quantitative estimate of drug-likeness (QED) is 0.579. The Morgan fingerprint density at radius 2 is 1.85 bits per heavy atom. The summed E-state index contributed by atoms with van der Waals surface area (Å²) in [4.78, 5) is 40.0. The van der Waals surface area contributed by atoms with E-state index in [1.54, 1.807) is 0 Å². The van der Waals surface area contributed by atoms with Gasteiger partial charge >= 0.3 is 6.09 Å². The van der Waals surface area contributed by atoms with Crippen LogP contribution in [0.15, 0.2) is 42.5 Å². The number of benzene rings is 1. The molecule has 0 bridgehead atoms. The molecule has 1 aromatic rings. The zero-order chi connectivity index (χ0) is 24.2. The molecule has 3 atom stereocenters. The molecular weight excluding hydrogens is 416 g/mol. The lowest BCUT2D eigenvalue weighted by Gasteiger charge is -2.27. The lowest BCUT2D eigenvalue weighted by Crippen LogP contribution is -2.43. The van der Waals surface area contributed by atoms with Gasteiger partial charge in [-0.05, 0) is 57.9 Å². The fourth-order valence-electron chi connectivity index (χ4n) is 4.62. The van der Waals surface area contributed by atoms with E-state index in [1.165, 1.54) is 0 Å². The third-order valence-electron chi connectivity index (χ3n) is 6.22. The Hall–Kier alpha value is -2.63. The van der Waals surface area contributed by atoms with Gasteiger partial charge in [-0.2, -0.15) is 0 Å². The summed E-state index contributed by atoms with van der Waals surface area (Å²) in [6, 6.07) is 9.67. The van der Waals surface area contributed by atoms with E-state index in [-0.39, 0.29) is 17.7 Å². The first-order chi connectivity index (χ1) is 15.5. The molecule has 1 saturated carbocycles. The Kier molecular flexibility index (Phi) is 7.65. The predicted molar refractivity (Wildman–Crippen MR) is 129 cm³/mol. The lowest BCUT2D eigenvalue weighted by atomic mass is 9.94. The smallest absolute Gasteiger partial charge is 0.408 e. The minimum atomic E-state index is -0.580. The highest BCUT2D eigenvalue weighted by Crippen LogP contribution is 2.46. The van der Waals surface area contributed by atoms with Crippen LogP contribution < -0.4 is 5.32 Å². The number of ketones is 1. The van der Waals surface area contributed by atoms with Gasteiger partial charge in [-0.15, -0.1) is 0 Å². The van der Waals surface area contributed by atoms with Crippen molar-refractivity contribution in [3.8, 4) is 0 Å². The molecule has 6 heteroatoms. The Bertz CT molecular complexity index is 887.